The van der Waals surface area contributed by atoms with Gasteiger partial charge < -0.3 is 29.7 Å². The maximum absolute atomic E-state index is 6.85. The Labute approximate surface area is 231 Å². The highest BCUT2D eigenvalue weighted by Crippen LogP contribution is 2.32. The molecule has 0 spiro atoms. The van der Waals surface area contributed by atoms with E-state index in [1.807, 2.05) is 79.7 Å². The summed E-state index contributed by atoms with van der Waals surface area (Å²) in [5.74, 6) is 1.81. The van der Waals surface area contributed by atoms with Crippen molar-refractivity contribution in [3.05, 3.63) is 89.7 Å². The zero-order chi connectivity index (χ0) is 27.7. The molecule has 0 radical (unpaired) electrons. The first-order valence-electron chi connectivity index (χ1n) is 13.4. The molecule has 4 rings (SSSR count). The summed E-state index contributed by atoms with van der Waals surface area (Å²) in [6.45, 7) is 10.4. The molecule has 206 valence electrons. The van der Waals surface area contributed by atoms with Crippen molar-refractivity contribution < 1.29 is 14.2 Å². The smallest absolute Gasteiger partial charge is 0.210 e. The van der Waals surface area contributed by atoms with Crippen molar-refractivity contribution in [1.82, 2.24) is 10.2 Å². The highest BCUT2D eigenvalue weighted by Gasteiger charge is 2.32. The van der Waals surface area contributed by atoms with Crippen LogP contribution in [0.25, 0.3) is 5.57 Å². The number of benzene rings is 3. The summed E-state index contributed by atoms with van der Waals surface area (Å²) in [4.78, 5) is 7.09. The minimum absolute atomic E-state index is 0.586. The number of aliphatic imine (C=N–C) groups is 1. The highest BCUT2D eigenvalue weighted by atomic mass is 16.5. The van der Waals surface area contributed by atoms with Crippen molar-refractivity contribution in [2.24, 2.45) is 10.7 Å². The molecule has 0 bridgehead atoms. The van der Waals surface area contributed by atoms with Gasteiger partial charge in [-0.3, -0.25) is 5.73 Å². The van der Waals surface area contributed by atoms with Gasteiger partial charge in [0.15, 0.2) is 0 Å². The molecule has 3 aromatic rings. The van der Waals surface area contributed by atoms with Gasteiger partial charge in [0.05, 0.1) is 19.4 Å². The van der Waals surface area contributed by atoms with Crippen LogP contribution < -0.4 is 30.6 Å². The summed E-state index contributed by atoms with van der Waals surface area (Å²) in [5.41, 5.74) is 10.2. The zero-order valence-corrected chi connectivity index (χ0v) is 23.2. The minimum Gasteiger partial charge on any atom is -0.495 e. The average Bonchev–Trinajstić information content (AvgIpc) is 2.96. The topological polar surface area (TPSA) is 93.4 Å². The van der Waals surface area contributed by atoms with Crippen molar-refractivity contribution in [1.29, 1.82) is 0 Å². The van der Waals surface area contributed by atoms with E-state index in [0.29, 0.717) is 24.8 Å². The van der Waals surface area contributed by atoms with Crippen LogP contribution in [0.4, 0.5) is 5.69 Å². The zero-order valence-electron chi connectivity index (χ0n) is 23.2. The van der Waals surface area contributed by atoms with Crippen LogP contribution in [0, 0.1) is 0 Å². The summed E-state index contributed by atoms with van der Waals surface area (Å²) < 4.78 is 17.3. The van der Waals surface area contributed by atoms with Crippen LogP contribution in [0.3, 0.4) is 0 Å². The van der Waals surface area contributed by atoms with E-state index in [2.05, 4.69) is 29.4 Å². The maximum atomic E-state index is 6.85. The van der Waals surface area contributed by atoms with Crippen molar-refractivity contribution in [2.45, 2.75) is 26.6 Å². The van der Waals surface area contributed by atoms with Gasteiger partial charge in [0.1, 0.15) is 29.7 Å². The number of nitrogens with two attached hydrogens (primary N) is 1. The Morgan fingerprint density at radius 2 is 1.69 bits per heavy atom. The molecular formula is C31H39N5O3. The number of methoxy groups -OCH3 is 1. The van der Waals surface area contributed by atoms with Crippen molar-refractivity contribution in [3.8, 4) is 17.2 Å². The standard InChI is InChI=1S/C31H39N5O3/c1-5-36(6-2)19-20-39-25-17-15-24(16-18-25)31(32)33-22-27(23-11-10-12-26(21-23)38-7-3)30(35-31)34-28-13-8-9-14-29(28)37-4/h8-18,21-22,34-35H,5-7,19-20,32H2,1-4H3. The monoisotopic (exact) mass is 529 g/mol. The van der Waals surface area contributed by atoms with Crippen LogP contribution in [-0.4, -0.2) is 51.1 Å². The Kier molecular flexibility index (Phi) is 9.46. The van der Waals surface area contributed by atoms with E-state index in [1.54, 1.807) is 13.3 Å². The molecule has 8 nitrogen and oxygen atoms in total. The summed E-state index contributed by atoms with van der Waals surface area (Å²) in [6, 6.07) is 23.4. The number of rotatable bonds is 13. The molecule has 0 fully saturated rings. The van der Waals surface area contributed by atoms with Crippen LogP contribution in [-0.2, 0) is 5.79 Å². The van der Waals surface area contributed by atoms with Crippen molar-refractivity contribution >= 4 is 17.5 Å². The lowest BCUT2D eigenvalue weighted by Gasteiger charge is -2.34. The minimum atomic E-state index is -1.19. The Morgan fingerprint density at radius 3 is 2.41 bits per heavy atom. The second-order valence-corrected chi connectivity index (χ2v) is 9.12. The predicted octanol–water partition coefficient (Wildman–Crippen LogP) is 5.04. The number of hydrogen-bond donors (Lipinski definition) is 3. The molecule has 39 heavy (non-hydrogen) atoms. The van der Waals surface area contributed by atoms with Gasteiger partial charge in [0.25, 0.3) is 0 Å². The number of likely N-dealkylation sites (N-methyl/N-ethyl adjacent to an activating group) is 1. The highest BCUT2D eigenvalue weighted by molar-refractivity contribution is 6.12. The largest absolute Gasteiger partial charge is 0.495 e. The van der Waals surface area contributed by atoms with Crippen LogP contribution >= 0.6 is 0 Å². The van der Waals surface area contributed by atoms with Gasteiger partial charge in [-0.25, -0.2) is 4.99 Å². The Bertz CT molecular complexity index is 1290. The van der Waals surface area contributed by atoms with Gasteiger partial charge in [-0.2, -0.15) is 0 Å². The summed E-state index contributed by atoms with van der Waals surface area (Å²) in [6.07, 6.45) is 1.80. The summed E-state index contributed by atoms with van der Waals surface area (Å²) in [7, 11) is 1.65. The van der Waals surface area contributed by atoms with E-state index in [1.165, 1.54) is 0 Å². The normalized spacial score (nSPS) is 16.7. The molecule has 0 amide bonds. The number of para-hydroxylation sites is 2. The molecule has 1 unspecified atom stereocenters. The second-order valence-electron chi connectivity index (χ2n) is 9.12. The molecule has 1 atom stereocenters. The first-order valence-corrected chi connectivity index (χ1v) is 13.4. The number of ether oxygens (including phenoxy) is 3. The lowest BCUT2D eigenvalue weighted by Crippen LogP contribution is -2.51. The SMILES string of the molecule is CCOc1cccc(C2=C(Nc3ccccc3OC)NC(N)(c3ccc(OCCN(CC)CC)cc3)N=C2)c1. The lowest BCUT2D eigenvalue weighted by atomic mass is 10.0. The summed E-state index contributed by atoms with van der Waals surface area (Å²) in [5, 5.41) is 6.93. The molecule has 4 N–H and O–H groups in total. The molecule has 1 aliphatic heterocycles. The van der Waals surface area contributed by atoms with Gasteiger partial charge >= 0.3 is 0 Å². The molecule has 0 aliphatic carbocycles. The molecule has 0 saturated heterocycles. The third-order valence-electron chi connectivity index (χ3n) is 6.67. The fourth-order valence-corrected chi connectivity index (χ4v) is 4.43. The predicted molar refractivity (Wildman–Crippen MR) is 158 cm³/mol. The van der Waals surface area contributed by atoms with E-state index in [0.717, 1.165) is 53.5 Å². The van der Waals surface area contributed by atoms with Crippen LogP contribution in [0.2, 0.25) is 0 Å². The average molecular weight is 530 g/mol. The molecule has 3 aromatic carbocycles. The van der Waals surface area contributed by atoms with Gasteiger partial charge in [-0.15, -0.1) is 0 Å². The Balaban J connectivity index is 1.61. The first kappa shape index (κ1) is 28.0. The number of nitrogens with zero attached hydrogens (tertiary/aromatic N) is 2. The number of nitrogens with one attached hydrogen (secondary N) is 2. The second kappa shape index (κ2) is 13.2. The van der Waals surface area contributed by atoms with E-state index >= 15 is 0 Å². The fraction of sp³-hybridized carbons (Fsp3) is 0.323. The van der Waals surface area contributed by atoms with Crippen LogP contribution in [0.15, 0.2) is 83.6 Å². The molecule has 0 saturated carbocycles. The fourth-order valence-electron chi connectivity index (χ4n) is 4.43. The van der Waals surface area contributed by atoms with Crippen molar-refractivity contribution in [2.75, 3.05) is 45.3 Å². The molecule has 1 aliphatic rings. The molecule has 8 heteroatoms. The van der Waals surface area contributed by atoms with Gasteiger partial charge in [-0.05, 0) is 74.1 Å². The van der Waals surface area contributed by atoms with Gasteiger partial charge in [0.2, 0.25) is 5.79 Å². The number of anilines is 1. The Morgan fingerprint density at radius 1 is 0.923 bits per heavy atom. The van der Waals surface area contributed by atoms with Crippen LogP contribution in [0.1, 0.15) is 31.9 Å². The quantitative estimate of drug-likeness (QED) is 0.286. The Hall–Kier alpha value is -4.01. The number of allylic oxidation sites excluding steroid dienone is 1. The summed E-state index contributed by atoms with van der Waals surface area (Å²) >= 11 is 0. The first-order chi connectivity index (χ1) is 19.0. The third kappa shape index (κ3) is 6.90. The van der Waals surface area contributed by atoms with E-state index in [4.69, 9.17) is 24.9 Å². The third-order valence-corrected chi connectivity index (χ3v) is 6.67. The van der Waals surface area contributed by atoms with Crippen molar-refractivity contribution in [3.63, 3.8) is 0 Å². The van der Waals surface area contributed by atoms with E-state index in [-0.39, 0.29) is 0 Å². The van der Waals surface area contributed by atoms with Gasteiger partial charge in [0, 0.05) is 23.9 Å². The van der Waals surface area contributed by atoms with E-state index in [9.17, 15) is 0 Å². The van der Waals surface area contributed by atoms with Gasteiger partial charge in [-0.1, -0.05) is 38.1 Å². The molecular weight excluding hydrogens is 490 g/mol. The lowest BCUT2D eigenvalue weighted by molar-refractivity contribution is 0.222. The molecule has 0 aromatic heterocycles. The van der Waals surface area contributed by atoms with Crippen LogP contribution in [0.5, 0.6) is 17.2 Å². The molecule has 1 heterocycles. The number of hydrogen-bond acceptors (Lipinski definition) is 8. The maximum Gasteiger partial charge on any atom is 0.210 e. The van der Waals surface area contributed by atoms with E-state index < -0.39 is 5.79 Å².